The molecule has 0 atom stereocenters. The van der Waals surface area contributed by atoms with Crippen molar-refractivity contribution >= 4 is 16.9 Å². The fraction of sp³-hybridized carbons (Fsp3) is 0.188. The predicted molar refractivity (Wildman–Crippen MR) is 75.5 cm³/mol. The van der Waals surface area contributed by atoms with Crippen LogP contribution in [0.1, 0.15) is 23.2 Å². The van der Waals surface area contributed by atoms with Gasteiger partial charge in [-0.25, -0.2) is 0 Å². The van der Waals surface area contributed by atoms with E-state index in [1.54, 1.807) is 0 Å². The van der Waals surface area contributed by atoms with Crippen molar-refractivity contribution in [1.82, 2.24) is 15.0 Å². The van der Waals surface area contributed by atoms with Crippen molar-refractivity contribution in [1.29, 1.82) is 0 Å². The van der Waals surface area contributed by atoms with E-state index in [-0.39, 0.29) is 5.91 Å². The van der Waals surface area contributed by atoms with Crippen molar-refractivity contribution in [2.45, 2.75) is 18.3 Å². The second-order valence-electron chi connectivity index (χ2n) is 5.24. The second-order valence-corrected chi connectivity index (χ2v) is 5.24. The highest BCUT2D eigenvalue weighted by atomic mass is 16.2. The molecule has 0 bridgehead atoms. The van der Waals surface area contributed by atoms with Gasteiger partial charge in [-0.3, -0.25) is 4.79 Å². The molecule has 4 rings (SSSR count). The number of aromatic nitrogens is 3. The van der Waals surface area contributed by atoms with E-state index in [2.05, 4.69) is 10.3 Å². The fourth-order valence-corrected chi connectivity index (χ4v) is 2.73. The number of rotatable bonds is 2. The lowest BCUT2D eigenvalue weighted by molar-refractivity contribution is 0.0849. The van der Waals surface area contributed by atoms with Crippen LogP contribution in [0.3, 0.4) is 0 Å². The van der Waals surface area contributed by atoms with Crippen molar-refractivity contribution in [3.63, 3.8) is 0 Å². The summed E-state index contributed by atoms with van der Waals surface area (Å²) >= 11 is 0. The summed E-state index contributed by atoms with van der Waals surface area (Å²) in [4.78, 5) is 12.9. The molecule has 0 aliphatic heterocycles. The van der Waals surface area contributed by atoms with E-state index in [0.717, 1.165) is 29.4 Å². The molecule has 20 heavy (non-hydrogen) atoms. The summed E-state index contributed by atoms with van der Waals surface area (Å²) in [5.74, 6) is 0.0254. The number of hydrogen-bond acceptors (Lipinski definition) is 3. The summed E-state index contributed by atoms with van der Waals surface area (Å²) in [5.41, 5.74) is 2.20. The SMILES string of the molecule is O=C(n1nnc2ccccc21)C1(c2ccccc2)CC1. The van der Waals surface area contributed by atoms with E-state index in [9.17, 15) is 4.79 Å². The van der Waals surface area contributed by atoms with E-state index in [4.69, 9.17) is 0 Å². The summed E-state index contributed by atoms with van der Waals surface area (Å²) in [7, 11) is 0. The molecule has 0 N–H and O–H groups in total. The van der Waals surface area contributed by atoms with Gasteiger partial charge in [-0.2, -0.15) is 4.68 Å². The fourth-order valence-electron chi connectivity index (χ4n) is 2.73. The summed E-state index contributed by atoms with van der Waals surface area (Å²) < 4.78 is 1.45. The number of para-hydroxylation sites is 1. The lowest BCUT2D eigenvalue weighted by Crippen LogP contribution is -2.27. The van der Waals surface area contributed by atoms with Gasteiger partial charge in [0.15, 0.2) is 0 Å². The van der Waals surface area contributed by atoms with Crippen molar-refractivity contribution < 1.29 is 4.79 Å². The smallest absolute Gasteiger partial charge is 0.259 e. The highest BCUT2D eigenvalue weighted by molar-refractivity contribution is 5.97. The van der Waals surface area contributed by atoms with Crippen molar-refractivity contribution in [3.05, 3.63) is 60.2 Å². The largest absolute Gasteiger partial charge is 0.271 e. The molecule has 2 aromatic carbocycles. The zero-order valence-electron chi connectivity index (χ0n) is 10.9. The third-order valence-corrected chi connectivity index (χ3v) is 4.03. The Morgan fingerprint density at radius 2 is 1.70 bits per heavy atom. The zero-order chi connectivity index (χ0) is 13.6. The van der Waals surface area contributed by atoms with Crippen LogP contribution in [-0.2, 0) is 5.41 Å². The number of hydrogen-bond donors (Lipinski definition) is 0. The van der Waals surface area contributed by atoms with E-state index >= 15 is 0 Å². The molecule has 1 heterocycles. The first-order valence-electron chi connectivity index (χ1n) is 6.72. The Morgan fingerprint density at radius 1 is 1.00 bits per heavy atom. The van der Waals surface area contributed by atoms with Crippen LogP contribution in [0.4, 0.5) is 0 Å². The Kier molecular flexibility index (Phi) is 2.27. The average Bonchev–Trinajstić information content (AvgIpc) is 3.21. The van der Waals surface area contributed by atoms with Crippen LogP contribution in [0.15, 0.2) is 54.6 Å². The van der Waals surface area contributed by atoms with E-state index in [1.807, 2.05) is 54.6 Å². The quantitative estimate of drug-likeness (QED) is 0.714. The standard InChI is InChI=1S/C16H13N3O/c20-15(16(10-11-16)12-6-2-1-3-7-12)19-14-9-5-4-8-13(14)17-18-19/h1-9H,10-11H2. The minimum atomic E-state index is -0.405. The molecule has 0 radical (unpaired) electrons. The highest BCUT2D eigenvalue weighted by Gasteiger charge is 2.52. The van der Waals surface area contributed by atoms with Gasteiger partial charge in [-0.1, -0.05) is 47.7 Å². The van der Waals surface area contributed by atoms with Gasteiger partial charge in [-0.05, 0) is 30.5 Å². The van der Waals surface area contributed by atoms with Crippen molar-refractivity contribution in [2.24, 2.45) is 0 Å². The van der Waals surface area contributed by atoms with Gasteiger partial charge in [0, 0.05) is 0 Å². The molecule has 0 unspecified atom stereocenters. The third-order valence-electron chi connectivity index (χ3n) is 4.03. The second kappa shape index (κ2) is 4.00. The maximum absolute atomic E-state index is 12.9. The average molecular weight is 263 g/mol. The predicted octanol–water partition coefficient (Wildman–Crippen LogP) is 2.80. The first-order chi connectivity index (χ1) is 9.81. The molecule has 4 heteroatoms. The number of nitrogens with zero attached hydrogens (tertiary/aromatic N) is 3. The number of carbonyl (C=O) groups is 1. The van der Waals surface area contributed by atoms with E-state index < -0.39 is 5.41 Å². The Hall–Kier alpha value is -2.49. The molecule has 0 saturated heterocycles. The van der Waals surface area contributed by atoms with Gasteiger partial charge in [0.1, 0.15) is 5.52 Å². The summed E-state index contributed by atoms with van der Waals surface area (Å²) in [6.45, 7) is 0. The van der Waals surface area contributed by atoms with Crippen LogP contribution in [-0.4, -0.2) is 20.9 Å². The number of benzene rings is 2. The van der Waals surface area contributed by atoms with Gasteiger partial charge >= 0.3 is 0 Å². The maximum atomic E-state index is 12.9. The van der Waals surface area contributed by atoms with Gasteiger partial charge < -0.3 is 0 Å². The van der Waals surface area contributed by atoms with Gasteiger partial charge in [0.2, 0.25) is 0 Å². The molecule has 98 valence electrons. The number of carbonyl (C=O) groups excluding carboxylic acids is 1. The van der Waals surface area contributed by atoms with E-state index in [1.165, 1.54) is 4.68 Å². The van der Waals surface area contributed by atoms with Gasteiger partial charge in [0.05, 0.1) is 10.9 Å². The Balaban J connectivity index is 1.82. The molecule has 1 saturated carbocycles. The molecule has 3 aromatic rings. The molecular formula is C16H13N3O. The minimum Gasteiger partial charge on any atom is -0.271 e. The molecule has 1 aromatic heterocycles. The lowest BCUT2D eigenvalue weighted by Gasteiger charge is -2.14. The summed E-state index contributed by atoms with van der Waals surface area (Å²) in [6.07, 6.45) is 1.76. The summed E-state index contributed by atoms with van der Waals surface area (Å²) in [5, 5.41) is 8.11. The Labute approximate surface area is 116 Å². The molecule has 4 nitrogen and oxygen atoms in total. The van der Waals surface area contributed by atoms with Crippen LogP contribution >= 0.6 is 0 Å². The van der Waals surface area contributed by atoms with Crippen molar-refractivity contribution in [2.75, 3.05) is 0 Å². The van der Waals surface area contributed by atoms with Gasteiger partial charge in [0.25, 0.3) is 5.91 Å². The monoisotopic (exact) mass is 263 g/mol. The first kappa shape index (κ1) is 11.3. The normalized spacial score (nSPS) is 16.2. The van der Waals surface area contributed by atoms with Crippen molar-refractivity contribution in [3.8, 4) is 0 Å². The molecule has 0 amide bonds. The van der Waals surface area contributed by atoms with Crippen LogP contribution < -0.4 is 0 Å². The number of fused-ring (bicyclic) bond motifs is 1. The lowest BCUT2D eigenvalue weighted by atomic mass is 9.95. The molecule has 1 fully saturated rings. The molecular weight excluding hydrogens is 250 g/mol. The molecule has 0 spiro atoms. The minimum absolute atomic E-state index is 0.0254. The topological polar surface area (TPSA) is 47.8 Å². The molecule has 1 aliphatic rings. The maximum Gasteiger partial charge on any atom is 0.259 e. The first-order valence-corrected chi connectivity index (χ1v) is 6.72. The third kappa shape index (κ3) is 1.51. The van der Waals surface area contributed by atoms with Crippen LogP contribution in [0.25, 0.3) is 11.0 Å². The van der Waals surface area contributed by atoms with E-state index in [0.29, 0.717) is 0 Å². The van der Waals surface area contributed by atoms with Gasteiger partial charge in [-0.15, -0.1) is 5.10 Å². The molecule has 1 aliphatic carbocycles. The van der Waals surface area contributed by atoms with Crippen LogP contribution in [0.2, 0.25) is 0 Å². The Bertz CT molecular complexity index is 788. The van der Waals surface area contributed by atoms with Crippen LogP contribution in [0.5, 0.6) is 0 Å². The zero-order valence-corrected chi connectivity index (χ0v) is 10.9. The summed E-state index contributed by atoms with van der Waals surface area (Å²) in [6, 6.07) is 17.5. The van der Waals surface area contributed by atoms with Crippen LogP contribution in [0, 0.1) is 0 Å². The Morgan fingerprint density at radius 3 is 2.45 bits per heavy atom. The highest BCUT2D eigenvalue weighted by Crippen LogP contribution is 2.49.